The largest absolute Gasteiger partial charge is 0.462 e. The summed E-state index contributed by atoms with van der Waals surface area (Å²) < 4.78 is 4.92. The fraction of sp³-hybridized carbons (Fsp3) is 0.158. The first-order valence-electron chi connectivity index (χ1n) is 7.41. The Bertz CT molecular complexity index is 700. The summed E-state index contributed by atoms with van der Waals surface area (Å²) in [6, 6.07) is 14.3. The molecular formula is C19H19NO3. The van der Waals surface area contributed by atoms with E-state index in [0.29, 0.717) is 17.7 Å². The van der Waals surface area contributed by atoms with Gasteiger partial charge >= 0.3 is 5.97 Å². The zero-order chi connectivity index (χ0) is 16.7. The number of carbonyl (C=O) groups is 2. The van der Waals surface area contributed by atoms with Gasteiger partial charge in [-0.1, -0.05) is 29.8 Å². The molecule has 1 N–H and O–H groups in total. The number of hydrogen-bond donors (Lipinski definition) is 1. The smallest absolute Gasteiger partial charge is 0.338 e. The molecule has 0 bridgehead atoms. The zero-order valence-electron chi connectivity index (χ0n) is 13.2. The third kappa shape index (κ3) is 4.81. The van der Waals surface area contributed by atoms with Gasteiger partial charge < -0.3 is 10.1 Å². The summed E-state index contributed by atoms with van der Waals surface area (Å²) in [5, 5.41) is 3.00. The minimum Gasteiger partial charge on any atom is -0.462 e. The van der Waals surface area contributed by atoms with Crippen molar-refractivity contribution in [2.75, 3.05) is 11.9 Å². The van der Waals surface area contributed by atoms with Gasteiger partial charge in [-0.05, 0) is 38.1 Å². The van der Waals surface area contributed by atoms with Crippen LogP contribution in [0.1, 0.15) is 33.2 Å². The maximum absolute atomic E-state index is 12.0. The molecule has 23 heavy (non-hydrogen) atoms. The first-order chi connectivity index (χ1) is 11.1. The van der Waals surface area contributed by atoms with Crippen LogP contribution >= 0.6 is 0 Å². The Morgan fingerprint density at radius 1 is 1.00 bits per heavy atom. The van der Waals surface area contributed by atoms with Crippen LogP contribution in [0.2, 0.25) is 0 Å². The van der Waals surface area contributed by atoms with Crippen LogP contribution in [0.4, 0.5) is 5.69 Å². The van der Waals surface area contributed by atoms with Gasteiger partial charge in [0.1, 0.15) is 0 Å². The van der Waals surface area contributed by atoms with E-state index < -0.39 is 0 Å². The molecule has 0 unspecified atom stereocenters. The van der Waals surface area contributed by atoms with E-state index >= 15 is 0 Å². The first kappa shape index (κ1) is 16.5. The lowest BCUT2D eigenvalue weighted by molar-refractivity contribution is 0.0526. The van der Waals surface area contributed by atoms with E-state index in [4.69, 9.17) is 4.74 Å². The van der Waals surface area contributed by atoms with Crippen molar-refractivity contribution in [3.63, 3.8) is 0 Å². The highest BCUT2D eigenvalue weighted by atomic mass is 16.5. The topological polar surface area (TPSA) is 55.4 Å². The number of ether oxygens (including phenoxy) is 1. The lowest BCUT2D eigenvalue weighted by Crippen LogP contribution is -2.04. The molecule has 2 aromatic carbocycles. The van der Waals surface area contributed by atoms with Crippen molar-refractivity contribution in [3.05, 3.63) is 77.5 Å². The van der Waals surface area contributed by atoms with Crippen LogP contribution < -0.4 is 5.32 Å². The predicted molar refractivity (Wildman–Crippen MR) is 90.7 cm³/mol. The van der Waals surface area contributed by atoms with E-state index in [1.165, 1.54) is 6.08 Å². The molecule has 0 aliphatic rings. The maximum Gasteiger partial charge on any atom is 0.338 e. The Hall–Kier alpha value is -2.88. The van der Waals surface area contributed by atoms with Crippen LogP contribution in [0.3, 0.4) is 0 Å². The molecule has 4 heteroatoms. The van der Waals surface area contributed by atoms with Crippen LogP contribution in [0.25, 0.3) is 0 Å². The molecule has 0 aromatic heterocycles. The van der Waals surface area contributed by atoms with Crippen LogP contribution in [0.15, 0.2) is 60.8 Å². The fourth-order valence-electron chi connectivity index (χ4n) is 1.94. The van der Waals surface area contributed by atoms with Gasteiger partial charge in [-0.3, -0.25) is 4.79 Å². The Morgan fingerprint density at radius 2 is 1.61 bits per heavy atom. The van der Waals surface area contributed by atoms with Gasteiger partial charge in [0.25, 0.3) is 0 Å². The van der Waals surface area contributed by atoms with Crippen LogP contribution in [0, 0.1) is 6.92 Å². The average molecular weight is 309 g/mol. The maximum atomic E-state index is 12.0. The van der Waals surface area contributed by atoms with Gasteiger partial charge in [-0.25, -0.2) is 4.79 Å². The Labute approximate surface area is 135 Å². The van der Waals surface area contributed by atoms with Gasteiger partial charge in [0.05, 0.1) is 12.2 Å². The van der Waals surface area contributed by atoms with Crippen molar-refractivity contribution in [1.82, 2.24) is 0 Å². The third-order valence-electron chi connectivity index (χ3n) is 3.22. The molecule has 2 aromatic rings. The number of carbonyl (C=O) groups excluding carboxylic acids is 2. The highest BCUT2D eigenvalue weighted by molar-refractivity contribution is 6.04. The number of nitrogens with one attached hydrogen (secondary N) is 1. The van der Waals surface area contributed by atoms with E-state index in [1.807, 2.05) is 19.1 Å². The Balaban J connectivity index is 1.93. The highest BCUT2D eigenvalue weighted by Gasteiger charge is 2.05. The van der Waals surface area contributed by atoms with Gasteiger partial charge in [0, 0.05) is 23.5 Å². The summed E-state index contributed by atoms with van der Waals surface area (Å²) in [7, 11) is 0. The summed E-state index contributed by atoms with van der Waals surface area (Å²) in [4.78, 5) is 23.5. The van der Waals surface area contributed by atoms with E-state index in [1.54, 1.807) is 49.5 Å². The molecular weight excluding hydrogens is 290 g/mol. The van der Waals surface area contributed by atoms with Crippen molar-refractivity contribution in [1.29, 1.82) is 0 Å². The molecule has 0 amide bonds. The van der Waals surface area contributed by atoms with Crippen molar-refractivity contribution in [3.8, 4) is 0 Å². The molecule has 0 aliphatic heterocycles. The molecule has 0 spiro atoms. The van der Waals surface area contributed by atoms with Gasteiger partial charge in [0.2, 0.25) is 0 Å². The van der Waals surface area contributed by atoms with E-state index in [0.717, 1.165) is 11.3 Å². The number of allylic oxidation sites excluding steroid dienone is 1. The molecule has 0 fully saturated rings. The van der Waals surface area contributed by atoms with E-state index in [9.17, 15) is 9.59 Å². The van der Waals surface area contributed by atoms with Gasteiger partial charge in [-0.2, -0.15) is 0 Å². The second-order valence-electron chi connectivity index (χ2n) is 5.01. The Kier molecular flexibility index (Phi) is 5.69. The number of aryl methyl sites for hydroxylation is 1. The molecule has 2 rings (SSSR count). The number of esters is 1. The zero-order valence-corrected chi connectivity index (χ0v) is 13.2. The number of rotatable bonds is 6. The Morgan fingerprint density at radius 3 is 2.22 bits per heavy atom. The lowest BCUT2D eigenvalue weighted by Gasteiger charge is -2.04. The van der Waals surface area contributed by atoms with E-state index in [-0.39, 0.29) is 11.8 Å². The van der Waals surface area contributed by atoms with Crippen LogP contribution in [-0.4, -0.2) is 18.4 Å². The summed E-state index contributed by atoms with van der Waals surface area (Å²) in [6.45, 7) is 4.10. The van der Waals surface area contributed by atoms with Crippen molar-refractivity contribution < 1.29 is 14.3 Å². The molecule has 0 radical (unpaired) electrons. The average Bonchev–Trinajstić information content (AvgIpc) is 2.56. The van der Waals surface area contributed by atoms with Crippen LogP contribution in [-0.2, 0) is 4.74 Å². The molecule has 118 valence electrons. The number of hydrogen-bond acceptors (Lipinski definition) is 4. The molecule has 0 heterocycles. The quantitative estimate of drug-likeness (QED) is 0.498. The molecule has 0 saturated carbocycles. The normalized spacial score (nSPS) is 10.5. The van der Waals surface area contributed by atoms with Crippen molar-refractivity contribution in [2.45, 2.75) is 13.8 Å². The summed E-state index contributed by atoms with van der Waals surface area (Å²) in [6.07, 6.45) is 3.06. The summed E-state index contributed by atoms with van der Waals surface area (Å²) in [5.74, 6) is -0.412. The number of anilines is 1. The monoisotopic (exact) mass is 309 g/mol. The summed E-state index contributed by atoms with van der Waals surface area (Å²) in [5.41, 5.74) is 3.04. The number of benzene rings is 2. The fourth-order valence-corrected chi connectivity index (χ4v) is 1.94. The van der Waals surface area contributed by atoms with Crippen molar-refractivity contribution in [2.24, 2.45) is 0 Å². The second kappa shape index (κ2) is 7.94. The standard InChI is InChI=1S/C19H19NO3/c1-3-23-19(22)16-8-10-17(11-9-16)20-13-12-18(21)15-6-4-14(2)5-7-15/h4-13,20H,3H2,1-2H3. The van der Waals surface area contributed by atoms with Gasteiger partial charge in [-0.15, -0.1) is 0 Å². The SMILES string of the molecule is CCOC(=O)c1ccc(NC=CC(=O)c2ccc(C)cc2)cc1. The lowest BCUT2D eigenvalue weighted by atomic mass is 10.1. The first-order valence-corrected chi connectivity index (χ1v) is 7.41. The summed E-state index contributed by atoms with van der Waals surface area (Å²) >= 11 is 0. The van der Waals surface area contributed by atoms with Gasteiger partial charge in [0.15, 0.2) is 5.78 Å². The minimum absolute atomic E-state index is 0.0688. The molecule has 0 aliphatic carbocycles. The minimum atomic E-state index is -0.343. The second-order valence-corrected chi connectivity index (χ2v) is 5.01. The van der Waals surface area contributed by atoms with Crippen LogP contribution in [0.5, 0.6) is 0 Å². The number of ketones is 1. The molecule has 0 atom stereocenters. The van der Waals surface area contributed by atoms with E-state index in [2.05, 4.69) is 5.32 Å². The third-order valence-corrected chi connectivity index (χ3v) is 3.22. The molecule has 4 nitrogen and oxygen atoms in total. The predicted octanol–water partition coefficient (Wildman–Crippen LogP) is 3.98. The highest BCUT2D eigenvalue weighted by Crippen LogP contribution is 2.11. The molecule has 0 saturated heterocycles. The van der Waals surface area contributed by atoms with Crippen molar-refractivity contribution >= 4 is 17.4 Å².